The first-order valence-electron chi connectivity index (χ1n) is 9.13. The van der Waals surface area contributed by atoms with E-state index in [1.807, 2.05) is 24.3 Å². The normalized spacial score (nSPS) is 10.6. The van der Waals surface area contributed by atoms with Crippen LogP contribution in [0.4, 0.5) is 10.6 Å². The Kier molecular flexibility index (Phi) is 5.74. The molecular formula is C21H23N5O2. The van der Waals surface area contributed by atoms with Gasteiger partial charge in [-0.05, 0) is 41.7 Å². The smallest absolute Gasteiger partial charge is 0.317 e. The second kappa shape index (κ2) is 8.39. The number of urea groups is 1. The van der Waals surface area contributed by atoms with Gasteiger partial charge in [0.15, 0.2) is 5.82 Å². The van der Waals surface area contributed by atoms with E-state index in [0.717, 1.165) is 23.2 Å². The molecule has 0 saturated carbocycles. The molecule has 3 rings (SSSR count). The number of primary amides is 2. The van der Waals surface area contributed by atoms with E-state index in [-0.39, 0.29) is 11.4 Å². The number of aryl methyl sites for hydroxylation is 1. The van der Waals surface area contributed by atoms with Gasteiger partial charge in [-0.3, -0.25) is 10.1 Å². The van der Waals surface area contributed by atoms with Crippen molar-refractivity contribution in [1.29, 1.82) is 0 Å². The van der Waals surface area contributed by atoms with Crippen LogP contribution in [-0.4, -0.2) is 21.7 Å². The summed E-state index contributed by atoms with van der Waals surface area (Å²) < 4.78 is 1.48. The Hall–Kier alpha value is -3.61. The van der Waals surface area contributed by atoms with Crippen molar-refractivity contribution in [3.8, 4) is 16.8 Å². The molecule has 0 saturated heterocycles. The summed E-state index contributed by atoms with van der Waals surface area (Å²) >= 11 is 0. The molecule has 0 aliphatic heterocycles. The van der Waals surface area contributed by atoms with Crippen molar-refractivity contribution in [3.05, 3.63) is 65.9 Å². The van der Waals surface area contributed by atoms with Gasteiger partial charge in [0.05, 0.1) is 5.69 Å². The number of benzene rings is 2. The van der Waals surface area contributed by atoms with Gasteiger partial charge < -0.3 is 11.5 Å². The van der Waals surface area contributed by atoms with Gasteiger partial charge in [0.1, 0.15) is 5.56 Å². The van der Waals surface area contributed by atoms with Gasteiger partial charge in [-0.1, -0.05) is 49.7 Å². The van der Waals surface area contributed by atoms with Gasteiger partial charge in [0.2, 0.25) is 0 Å². The zero-order valence-corrected chi connectivity index (χ0v) is 15.7. The van der Waals surface area contributed by atoms with Crippen LogP contribution in [0.2, 0.25) is 0 Å². The fraction of sp³-hybridized carbons (Fsp3) is 0.190. The summed E-state index contributed by atoms with van der Waals surface area (Å²) in [5.41, 5.74) is 14.8. The summed E-state index contributed by atoms with van der Waals surface area (Å²) in [7, 11) is 0. The van der Waals surface area contributed by atoms with Crippen molar-refractivity contribution >= 4 is 17.8 Å². The first kappa shape index (κ1) is 19.2. The lowest BCUT2D eigenvalue weighted by Gasteiger charge is -2.06. The zero-order valence-electron chi connectivity index (χ0n) is 15.7. The summed E-state index contributed by atoms with van der Waals surface area (Å²) in [5.74, 6) is -0.665. The van der Waals surface area contributed by atoms with Crippen LogP contribution in [0.25, 0.3) is 16.8 Å². The number of anilines is 1. The second-order valence-corrected chi connectivity index (χ2v) is 6.54. The molecule has 1 heterocycles. The van der Waals surface area contributed by atoms with E-state index in [0.29, 0.717) is 0 Å². The van der Waals surface area contributed by atoms with E-state index < -0.39 is 11.9 Å². The molecule has 2 aromatic carbocycles. The highest BCUT2D eigenvalue weighted by atomic mass is 16.2. The van der Waals surface area contributed by atoms with Crippen molar-refractivity contribution in [3.63, 3.8) is 0 Å². The number of hydrogen-bond acceptors (Lipinski definition) is 3. The second-order valence-electron chi connectivity index (χ2n) is 6.54. The average Bonchev–Trinajstić information content (AvgIpc) is 3.10. The van der Waals surface area contributed by atoms with Gasteiger partial charge in [-0.25, -0.2) is 9.48 Å². The van der Waals surface area contributed by atoms with Crippen molar-refractivity contribution in [2.45, 2.75) is 26.2 Å². The minimum Gasteiger partial charge on any atom is -0.365 e. The molecule has 0 bridgehead atoms. The topological polar surface area (TPSA) is 116 Å². The quantitative estimate of drug-likeness (QED) is 0.585. The lowest BCUT2D eigenvalue weighted by atomic mass is 10.0. The van der Waals surface area contributed by atoms with Crippen LogP contribution < -0.4 is 16.8 Å². The number of carbonyl (C=O) groups is 2. The third-order valence-corrected chi connectivity index (χ3v) is 4.46. The van der Waals surface area contributed by atoms with Gasteiger partial charge >= 0.3 is 6.03 Å². The van der Waals surface area contributed by atoms with E-state index in [1.165, 1.54) is 29.3 Å². The Balaban J connectivity index is 1.82. The molecule has 0 unspecified atom stereocenters. The summed E-state index contributed by atoms with van der Waals surface area (Å²) in [6, 6.07) is 15.5. The maximum Gasteiger partial charge on any atom is 0.317 e. The number of rotatable bonds is 7. The molecule has 0 spiro atoms. The van der Waals surface area contributed by atoms with Gasteiger partial charge in [0.25, 0.3) is 5.91 Å². The Morgan fingerprint density at radius 1 is 1.00 bits per heavy atom. The average molecular weight is 377 g/mol. The van der Waals surface area contributed by atoms with Crippen LogP contribution in [0.5, 0.6) is 0 Å². The summed E-state index contributed by atoms with van der Waals surface area (Å²) in [4.78, 5) is 22.6. The molecule has 3 amide bonds. The van der Waals surface area contributed by atoms with Gasteiger partial charge in [0, 0.05) is 6.20 Å². The van der Waals surface area contributed by atoms with Crippen LogP contribution in [0, 0.1) is 0 Å². The summed E-state index contributed by atoms with van der Waals surface area (Å²) in [6.45, 7) is 2.19. The maximum absolute atomic E-state index is 11.6. The zero-order chi connectivity index (χ0) is 20.1. The van der Waals surface area contributed by atoms with E-state index in [9.17, 15) is 9.59 Å². The number of aromatic nitrogens is 2. The van der Waals surface area contributed by atoms with Crippen LogP contribution in [0.15, 0.2) is 54.7 Å². The predicted octanol–water partition coefficient (Wildman–Crippen LogP) is 3.47. The molecule has 7 nitrogen and oxygen atoms in total. The number of carbonyl (C=O) groups excluding carboxylic acids is 2. The van der Waals surface area contributed by atoms with Crippen LogP contribution in [-0.2, 0) is 6.42 Å². The first-order chi connectivity index (χ1) is 13.5. The van der Waals surface area contributed by atoms with E-state index in [1.54, 1.807) is 0 Å². The number of unbranched alkanes of at least 4 members (excludes halogenated alkanes) is 1. The molecule has 5 N–H and O–H groups in total. The third kappa shape index (κ3) is 4.37. The number of nitrogens with two attached hydrogens (primary N) is 2. The first-order valence-corrected chi connectivity index (χ1v) is 9.13. The van der Waals surface area contributed by atoms with Crippen molar-refractivity contribution in [2.24, 2.45) is 11.5 Å². The molecule has 0 radical (unpaired) electrons. The van der Waals surface area contributed by atoms with Crippen LogP contribution in [0.1, 0.15) is 35.7 Å². The molecule has 0 fully saturated rings. The van der Waals surface area contributed by atoms with E-state index in [2.05, 4.69) is 41.6 Å². The minimum atomic E-state index is -0.814. The van der Waals surface area contributed by atoms with Crippen molar-refractivity contribution < 1.29 is 9.59 Å². The Labute approximate surface area is 163 Å². The molecule has 1 aromatic heterocycles. The van der Waals surface area contributed by atoms with Crippen molar-refractivity contribution in [1.82, 2.24) is 9.78 Å². The third-order valence-electron chi connectivity index (χ3n) is 4.46. The molecule has 28 heavy (non-hydrogen) atoms. The van der Waals surface area contributed by atoms with E-state index >= 15 is 0 Å². The molecule has 144 valence electrons. The van der Waals surface area contributed by atoms with Crippen LogP contribution in [0.3, 0.4) is 0 Å². The fourth-order valence-corrected chi connectivity index (χ4v) is 2.95. The lowest BCUT2D eigenvalue weighted by Crippen LogP contribution is -2.22. The Morgan fingerprint density at radius 2 is 1.61 bits per heavy atom. The van der Waals surface area contributed by atoms with E-state index in [4.69, 9.17) is 11.5 Å². The largest absolute Gasteiger partial charge is 0.365 e. The summed E-state index contributed by atoms with van der Waals surface area (Å²) in [5, 5.41) is 6.50. The molecule has 3 aromatic rings. The maximum atomic E-state index is 11.6. The predicted molar refractivity (Wildman–Crippen MR) is 109 cm³/mol. The van der Waals surface area contributed by atoms with Gasteiger partial charge in [-0.15, -0.1) is 5.10 Å². The number of hydrogen-bond donors (Lipinski definition) is 3. The highest BCUT2D eigenvalue weighted by Crippen LogP contribution is 2.23. The minimum absolute atomic E-state index is 0.0340. The molecule has 7 heteroatoms. The molecular weight excluding hydrogens is 354 g/mol. The summed E-state index contributed by atoms with van der Waals surface area (Å²) in [6.07, 6.45) is 4.94. The highest BCUT2D eigenvalue weighted by molar-refractivity contribution is 6.01. The number of amides is 3. The molecule has 0 aliphatic rings. The SMILES string of the molecule is CCCCc1ccc(-c2ccc(-n3cc(C(N)=O)c(NC(N)=O)n3)cc2)cc1. The number of nitrogens with one attached hydrogen (secondary N) is 1. The highest BCUT2D eigenvalue weighted by Gasteiger charge is 2.16. The monoisotopic (exact) mass is 377 g/mol. The lowest BCUT2D eigenvalue weighted by molar-refractivity contribution is 0.100. The number of nitrogens with zero attached hydrogens (tertiary/aromatic N) is 2. The fourth-order valence-electron chi connectivity index (χ4n) is 2.95. The Bertz CT molecular complexity index is 975. The molecule has 0 aliphatic carbocycles. The van der Waals surface area contributed by atoms with Crippen molar-refractivity contribution in [2.75, 3.05) is 5.32 Å². The molecule has 0 atom stereocenters. The Morgan fingerprint density at radius 3 is 2.14 bits per heavy atom. The standard InChI is InChI=1S/C21H23N5O2/c1-2-3-4-14-5-7-15(8-6-14)16-9-11-17(12-10-16)26-13-18(19(22)27)20(25-26)24-21(23)28/h5-13H,2-4H2,1H3,(H2,22,27)(H3,23,24,25,28). The van der Waals surface area contributed by atoms with Crippen LogP contribution >= 0.6 is 0 Å². The van der Waals surface area contributed by atoms with Gasteiger partial charge in [-0.2, -0.15) is 0 Å².